The van der Waals surface area contributed by atoms with E-state index in [9.17, 15) is 0 Å². The van der Waals surface area contributed by atoms with Crippen LogP contribution in [0.3, 0.4) is 0 Å². The number of hydrogen-bond donors (Lipinski definition) is 6. The number of unbranched alkanes of at least 4 members (excludes halogenated alkanes) is 5. The molecule has 0 aromatic carbocycles. The van der Waals surface area contributed by atoms with Crippen molar-refractivity contribution in [2.75, 3.05) is 0 Å². The van der Waals surface area contributed by atoms with Crippen LogP contribution in [0.15, 0.2) is 0 Å². The monoisotopic (exact) mass is 1040 g/mol. The van der Waals surface area contributed by atoms with E-state index < -0.39 is 17.1 Å². The minimum absolute atomic E-state index is 0. The van der Waals surface area contributed by atoms with Gasteiger partial charge in [0, 0.05) is 6.21 Å². The second kappa shape index (κ2) is 29.6. The molecule has 26 heavy (non-hydrogen) atoms. The average molecular weight is 1040 g/mol. The lowest BCUT2D eigenvalue weighted by Gasteiger charge is -2.08. The van der Waals surface area contributed by atoms with Crippen LogP contribution in [0.1, 0.15) is 51.9 Å². The van der Waals surface area contributed by atoms with Gasteiger partial charge in [-0.15, -0.1) is 144 Å². The Labute approximate surface area is 258 Å². The molecule has 0 aromatic heterocycles. The van der Waals surface area contributed by atoms with Crippen LogP contribution in [-0.2, 0) is 0 Å². The normalized spacial score (nSPS) is 7.58. The number of hydrogen-bond acceptors (Lipinski definition) is 6. The van der Waals surface area contributed by atoms with E-state index in [1.807, 2.05) is 0 Å². The summed E-state index contributed by atoms with van der Waals surface area (Å²) in [5.74, 6) is 0. The maximum absolute atomic E-state index is 7.74. The molecular formula is C14H30I6N6. The van der Waals surface area contributed by atoms with Gasteiger partial charge in [-0.2, -0.15) is 0 Å². The van der Waals surface area contributed by atoms with Gasteiger partial charge in [0.15, 0.2) is 0 Å². The van der Waals surface area contributed by atoms with Crippen LogP contribution in [0, 0.1) is 32.5 Å². The lowest BCUT2D eigenvalue weighted by molar-refractivity contribution is 0.616. The van der Waals surface area contributed by atoms with Crippen LogP contribution >= 0.6 is 144 Å². The number of nitrogens with one attached hydrogen (secondary N) is 6. The van der Waals surface area contributed by atoms with Crippen LogP contribution in [-0.4, -0.2) is 34.8 Å². The zero-order valence-corrected chi connectivity index (χ0v) is 28.5. The molecule has 0 atom stereocenters. The third-order valence-corrected chi connectivity index (χ3v) is 3.00. The summed E-state index contributed by atoms with van der Waals surface area (Å²) < 4.78 is 0. The first-order valence-corrected chi connectivity index (χ1v) is 6.89. The van der Waals surface area contributed by atoms with Crippen LogP contribution in [0.4, 0.5) is 0 Å². The first-order valence-electron chi connectivity index (χ1n) is 6.89. The van der Waals surface area contributed by atoms with Crippen molar-refractivity contribution in [3.63, 3.8) is 0 Å². The lowest BCUT2D eigenvalue weighted by atomic mass is 9.99. The number of halogens is 6. The van der Waals surface area contributed by atoms with Crippen molar-refractivity contribution in [3.8, 4) is 0 Å². The molecule has 0 spiro atoms. The summed E-state index contributed by atoms with van der Waals surface area (Å²) in [6, 6.07) is 0. The molecule has 158 valence electrons. The van der Waals surface area contributed by atoms with Gasteiger partial charge in [0.1, 0.15) is 17.1 Å². The highest BCUT2D eigenvalue weighted by Gasteiger charge is 2.17. The van der Waals surface area contributed by atoms with Gasteiger partial charge in [-0.25, -0.2) is 0 Å². The Kier molecular flexibility index (Phi) is 53.0. The van der Waals surface area contributed by atoms with Crippen molar-refractivity contribution in [1.82, 2.24) is 0 Å². The highest BCUT2D eigenvalue weighted by molar-refractivity contribution is 14.0. The molecule has 0 aliphatic rings. The fourth-order valence-electron chi connectivity index (χ4n) is 1.69. The van der Waals surface area contributed by atoms with Gasteiger partial charge >= 0.3 is 0 Å². The second-order valence-corrected chi connectivity index (χ2v) is 4.68. The van der Waals surface area contributed by atoms with E-state index in [4.69, 9.17) is 32.5 Å². The molecule has 0 heterocycles. The Balaban J connectivity index is -0.000000120. The van der Waals surface area contributed by atoms with Crippen molar-refractivity contribution >= 4 is 179 Å². The zero-order chi connectivity index (χ0) is 15.5. The molecule has 0 bridgehead atoms. The lowest BCUT2D eigenvalue weighted by Crippen LogP contribution is -2.33. The summed E-state index contributed by atoms with van der Waals surface area (Å²) in [7, 11) is 0. The van der Waals surface area contributed by atoms with Gasteiger partial charge < -0.3 is 10.8 Å². The molecule has 0 radical (unpaired) electrons. The molecule has 0 aromatic rings. The van der Waals surface area contributed by atoms with E-state index in [0.717, 1.165) is 19.3 Å². The molecule has 0 fully saturated rings. The molecule has 0 saturated carbocycles. The summed E-state index contributed by atoms with van der Waals surface area (Å²) >= 11 is 0. The van der Waals surface area contributed by atoms with E-state index in [1.165, 1.54) is 19.3 Å². The van der Waals surface area contributed by atoms with Crippen LogP contribution < -0.4 is 0 Å². The summed E-state index contributed by atoms with van der Waals surface area (Å²) in [5.41, 5.74) is -1.61. The molecule has 0 aliphatic carbocycles. The SMILES string of the molecule is CCCCCCCCC(=N)C(=N)C(=N)C(=N)C(=N)C=N.I.I.I.I.I.I. The van der Waals surface area contributed by atoms with E-state index in [-0.39, 0.29) is 155 Å². The van der Waals surface area contributed by atoms with Gasteiger partial charge in [-0.1, -0.05) is 39.0 Å². The fourth-order valence-corrected chi connectivity index (χ4v) is 1.69. The Morgan fingerprint density at radius 2 is 1.04 bits per heavy atom. The molecule has 6 N–H and O–H groups in total. The first-order chi connectivity index (χ1) is 9.45. The highest BCUT2D eigenvalue weighted by atomic mass is 127. The zero-order valence-electron chi connectivity index (χ0n) is 14.5. The minimum atomic E-state index is -0.474. The van der Waals surface area contributed by atoms with E-state index in [0.29, 0.717) is 12.6 Å². The van der Waals surface area contributed by atoms with Gasteiger partial charge in [0.25, 0.3) is 0 Å². The van der Waals surface area contributed by atoms with Crippen LogP contribution in [0.5, 0.6) is 0 Å². The van der Waals surface area contributed by atoms with Crippen LogP contribution in [0.25, 0.3) is 0 Å². The third kappa shape index (κ3) is 21.1. The second-order valence-electron chi connectivity index (χ2n) is 4.68. The molecule has 0 unspecified atom stereocenters. The maximum atomic E-state index is 7.74. The van der Waals surface area contributed by atoms with Gasteiger partial charge in [0.2, 0.25) is 0 Å². The van der Waals surface area contributed by atoms with Crippen molar-refractivity contribution in [1.29, 1.82) is 32.5 Å². The van der Waals surface area contributed by atoms with Gasteiger partial charge in [-0.3, -0.25) is 21.6 Å². The molecule has 0 saturated heterocycles. The summed E-state index contributed by atoms with van der Waals surface area (Å²) in [6.07, 6.45) is 7.66. The van der Waals surface area contributed by atoms with Gasteiger partial charge in [-0.05, 0) is 12.8 Å². The molecule has 0 rings (SSSR count). The van der Waals surface area contributed by atoms with Crippen molar-refractivity contribution in [2.24, 2.45) is 0 Å². The molecule has 6 nitrogen and oxygen atoms in total. The predicted octanol–water partition coefficient (Wildman–Crippen LogP) is 7.19. The van der Waals surface area contributed by atoms with Crippen molar-refractivity contribution < 1.29 is 0 Å². The summed E-state index contributed by atoms with van der Waals surface area (Å²) in [4.78, 5) is 0. The van der Waals surface area contributed by atoms with E-state index in [2.05, 4.69) is 6.92 Å². The van der Waals surface area contributed by atoms with Crippen LogP contribution in [0.2, 0.25) is 0 Å². The maximum Gasteiger partial charge on any atom is 0.108 e. The van der Waals surface area contributed by atoms with Gasteiger partial charge in [0.05, 0.1) is 11.4 Å². The minimum Gasteiger partial charge on any atom is -0.306 e. The Morgan fingerprint density at radius 3 is 1.46 bits per heavy atom. The first kappa shape index (κ1) is 46.6. The fraction of sp³-hybridized carbons (Fsp3) is 0.571. The van der Waals surface area contributed by atoms with E-state index >= 15 is 0 Å². The molecule has 12 heteroatoms. The topological polar surface area (TPSA) is 143 Å². The predicted molar refractivity (Wildman–Crippen MR) is 178 cm³/mol. The molecule has 0 amide bonds. The Hall–Kier alpha value is 2.40. The Bertz CT molecular complexity index is 442. The number of rotatable bonds is 12. The summed E-state index contributed by atoms with van der Waals surface area (Å²) in [5, 5.41) is 44.6. The average Bonchev–Trinajstić information content (AvgIpc) is 2.47. The summed E-state index contributed by atoms with van der Waals surface area (Å²) in [6.45, 7) is 2.16. The molecular weight excluding hydrogens is 1010 g/mol. The quantitative estimate of drug-likeness (QED) is 0.0669. The Morgan fingerprint density at radius 1 is 0.615 bits per heavy atom. The smallest absolute Gasteiger partial charge is 0.108 e. The van der Waals surface area contributed by atoms with E-state index in [1.54, 1.807) is 0 Å². The third-order valence-electron chi connectivity index (χ3n) is 3.00. The largest absolute Gasteiger partial charge is 0.306 e. The molecule has 0 aliphatic heterocycles. The van der Waals surface area contributed by atoms with Crippen molar-refractivity contribution in [3.05, 3.63) is 0 Å². The standard InChI is InChI=1S/C14H24N6.6HI/c1-2-3-4-5-6-7-8-10(16)12(18)14(20)13(19)11(17)9-15;;;;;;/h9,15-20H,2-8H2,1H3;6*1H. The van der Waals surface area contributed by atoms with Crippen molar-refractivity contribution in [2.45, 2.75) is 51.9 Å². The highest BCUT2D eigenvalue weighted by Crippen LogP contribution is 2.07.